The molecule has 1 aromatic carbocycles. The molecule has 0 spiro atoms. The van der Waals surface area contributed by atoms with Gasteiger partial charge in [-0.25, -0.2) is 0 Å². The molecule has 2 aliphatic heterocycles. The van der Waals surface area contributed by atoms with Crippen molar-refractivity contribution in [3.8, 4) is 11.5 Å². The number of nitrogens with two attached hydrogens (primary N) is 1. The van der Waals surface area contributed by atoms with E-state index in [0.29, 0.717) is 43.3 Å². The fraction of sp³-hybridized carbons (Fsp3) is 0.611. The number of ether oxygens (including phenoxy) is 2. The lowest BCUT2D eigenvalue weighted by atomic mass is 10.1. The molecule has 3 N–H and O–H groups in total. The first-order chi connectivity index (χ1) is 12.1. The Bertz CT molecular complexity index is 604. The van der Waals surface area contributed by atoms with Crippen molar-refractivity contribution in [2.24, 2.45) is 5.73 Å². The zero-order valence-electron chi connectivity index (χ0n) is 14.7. The molecule has 2 atom stereocenters. The van der Waals surface area contributed by atoms with Crippen LogP contribution < -0.4 is 15.2 Å². The fourth-order valence-corrected chi connectivity index (χ4v) is 3.64. The highest BCUT2D eigenvalue weighted by atomic mass is 16.5. The predicted octanol–water partition coefficient (Wildman–Crippen LogP) is 0.314. The average Bonchev–Trinajstić information content (AvgIpc) is 3.28. The molecule has 1 aromatic rings. The summed E-state index contributed by atoms with van der Waals surface area (Å²) in [5.74, 6) is 0.987. The van der Waals surface area contributed by atoms with Crippen molar-refractivity contribution in [1.29, 1.82) is 0 Å². The molecule has 0 aliphatic carbocycles. The molecular weight excluding hydrogens is 322 g/mol. The summed E-state index contributed by atoms with van der Waals surface area (Å²) in [5.41, 5.74) is 5.99. The monoisotopic (exact) mass is 349 g/mol. The number of aliphatic hydroxyl groups is 1. The number of nitrogens with zero attached hydrogens (tertiary/aromatic N) is 2. The van der Waals surface area contributed by atoms with Gasteiger partial charge in [0.2, 0.25) is 0 Å². The highest BCUT2D eigenvalue weighted by Crippen LogP contribution is 2.29. The molecule has 0 saturated carbocycles. The summed E-state index contributed by atoms with van der Waals surface area (Å²) in [5, 5.41) is 10.4. The Morgan fingerprint density at radius 3 is 2.72 bits per heavy atom. The highest BCUT2D eigenvalue weighted by Gasteiger charge is 2.38. The topological polar surface area (TPSA) is 88.3 Å². The van der Waals surface area contributed by atoms with E-state index in [9.17, 15) is 9.90 Å². The molecule has 0 radical (unpaired) electrons. The Balaban J connectivity index is 1.70. The van der Waals surface area contributed by atoms with Crippen LogP contribution in [0.25, 0.3) is 0 Å². The van der Waals surface area contributed by atoms with Gasteiger partial charge in [0.05, 0.1) is 19.3 Å². The third kappa shape index (κ3) is 3.89. The summed E-state index contributed by atoms with van der Waals surface area (Å²) < 4.78 is 10.8. The number of β-amino-alcohol motifs (C(OH)–C–C–N with tert-alkyl or cyclic N) is 1. The molecule has 2 fully saturated rings. The summed E-state index contributed by atoms with van der Waals surface area (Å²) in [6.07, 6.45) is 1.84. The van der Waals surface area contributed by atoms with Crippen LogP contribution in [-0.4, -0.2) is 79.4 Å². The van der Waals surface area contributed by atoms with Gasteiger partial charge in [-0.15, -0.1) is 0 Å². The van der Waals surface area contributed by atoms with E-state index in [-0.39, 0.29) is 11.9 Å². The summed E-state index contributed by atoms with van der Waals surface area (Å²) in [6.45, 7) is 3.74. The maximum absolute atomic E-state index is 12.8. The maximum Gasteiger partial charge on any atom is 0.254 e. The van der Waals surface area contributed by atoms with Gasteiger partial charge in [-0.05, 0) is 44.1 Å². The van der Waals surface area contributed by atoms with E-state index in [1.54, 1.807) is 30.2 Å². The van der Waals surface area contributed by atoms with E-state index in [0.717, 1.165) is 13.1 Å². The Hall–Kier alpha value is -1.83. The zero-order valence-corrected chi connectivity index (χ0v) is 14.7. The van der Waals surface area contributed by atoms with Crippen LogP contribution in [0.5, 0.6) is 11.5 Å². The predicted molar refractivity (Wildman–Crippen MR) is 94.0 cm³/mol. The minimum Gasteiger partial charge on any atom is -0.493 e. The van der Waals surface area contributed by atoms with Crippen LogP contribution in [0.1, 0.15) is 23.2 Å². The summed E-state index contributed by atoms with van der Waals surface area (Å²) in [4.78, 5) is 16.8. The normalized spacial score (nSPS) is 23.9. The Morgan fingerprint density at radius 2 is 2.04 bits per heavy atom. The Morgan fingerprint density at radius 1 is 1.28 bits per heavy atom. The Labute approximate surface area is 148 Å². The SMILES string of the molecule is COc1cc(C(=O)N2C[C@H](O)[C@@H](N3CCCC3)C2)ccc1OCCN. The third-order valence-corrected chi connectivity index (χ3v) is 4.94. The first kappa shape index (κ1) is 18.0. The molecule has 2 saturated heterocycles. The van der Waals surface area contributed by atoms with Crippen LogP contribution in [0.3, 0.4) is 0 Å². The van der Waals surface area contributed by atoms with E-state index < -0.39 is 6.10 Å². The molecule has 0 unspecified atom stereocenters. The van der Waals surface area contributed by atoms with Crippen LogP contribution in [0.15, 0.2) is 18.2 Å². The molecule has 138 valence electrons. The van der Waals surface area contributed by atoms with Gasteiger partial charge < -0.3 is 25.2 Å². The van der Waals surface area contributed by atoms with Crippen molar-refractivity contribution in [3.05, 3.63) is 23.8 Å². The summed E-state index contributed by atoms with van der Waals surface area (Å²) in [7, 11) is 1.54. The quantitative estimate of drug-likeness (QED) is 0.769. The first-order valence-corrected chi connectivity index (χ1v) is 8.86. The van der Waals surface area contributed by atoms with Gasteiger partial charge in [0, 0.05) is 25.2 Å². The molecule has 25 heavy (non-hydrogen) atoms. The maximum atomic E-state index is 12.8. The molecule has 1 amide bonds. The number of likely N-dealkylation sites (tertiary alicyclic amines) is 2. The standard InChI is InChI=1S/C18H27N3O4/c1-24-17-10-13(4-5-16(17)25-9-6-19)18(23)21-11-14(15(22)12-21)20-7-2-3-8-20/h4-5,10,14-15,22H,2-3,6-9,11-12,19H2,1H3/t14-,15-/m0/s1. The average molecular weight is 349 g/mol. The van der Waals surface area contributed by atoms with Crippen molar-refractivity contribution in [1.82, 2.24) is 9.80 Å². The molecule has 3 rings (SSSR count). The molecule has 0 aromatic heterocycles. The number of hydrogen-bond acceptors (Lipinski definition) is 6. The number of methoxy groups -OCH3 is 1. The van der Waals surface area contributed by atoms with Gasteiger partial charge >= 0.3 is 0 Å². The number of benzene rings is 1. The van der Waals surface area contributed by atoms with Crippen LogP contribution in [0.4, 0.5) is 0 Å². The lowest BCUT2D eigenvalue weighted by Crippen LogP contribution is -2.41. The van der Waals surface area contributed by atoms with Crippen molar-refractivity contribution < 1.29 is 19.4 Å². The van der Waals surface area contributed by atoms with Gasteiger partial charge in [-0.2, -0.15) is 0 Å². The number of carbonyl (C=O) groups is 1. The second-order valence-corrected chi connectivity index (χ2v) is 6.59. The molecule has 0 bridgehead atoms. The third-order valence-electron chi connectivity index (χ3n) is 4.94. The molecular formula is C18H27N3O4. The van der Waals surface area contributed by atoms with Gasteiger partial charge in [-0.3, -0.25) is 9.69 Å². The van der Waals surface area contributed by atoms with Gasteiger partial charge in [0.25, 0.3) is 5.91 Å². The van der Waals surface area contributed by atoms with Crippen LogP contribution in [0.2, 0.25) is 0 Å². The van der Waals surface area contributed by atoms with Crippen LogP contribution in [0, 0.1) is 0 Å². The van der Waals surface area contributed by atoms with E-state index >= 15 is 0 Å². The van der Waals surface area contributed by atoms with Crippen molar-refractivity contribution in [2.75, 3.05) is 46.4 Å². The lowest BCUT2D eigenvalue weighted by Gasteiger charge is -2.25. The molecule has 7 nitrogen and oxygen atoms in total. The van der Waals surface area contributed by atoms with Crippen LogP contribution in [-0.2, 0) is 0 Å². The van der Waals surface area contributed by atoms with Gasteiger partial charge in [0.1, 0.15) is 6.61 Å². The minimum absolute atomic E-state index is 0.0421. The van der Waals surface area contributed by atoms with Gasteiger partial charge in [0.15, 0.2) is 11.5 Å². The number of hydrogen-bond donors (Lipinski definition) is 2. The molecule has 2 aliphatic rings. The zero-order chi connectivity index (χ0) is 17.8. The Kier molecular flexibility index (Phi) is 5.78. The summed E-state index contributed by atoms with van der Waals surface area (Å²) >= 11 is 0. The van der Waals surface area contributed by atoms with E-state index in [4.69, 9.17) is 15.2 Å². The number of rotatable bonds is 6. The van der Waals surface area contributed by atoms with E-state index in [1.807, 2.05) is 0 Å². The van der Waals surface area contributed by atoms with Crippen molar-refractivity contribution in [2.45, 2.75) is 25.0 Å². The smallest absolute Gasteiger partial charge is 0.254 e. The van der Waals surface area contributed by atoms with Gasteiger partial charge in [-0.1, -0.05) is 0 Å². The molecule has 7 heteroatoms. The molecule has 2 heterocycles. The second-order valence-electron chi connectivity index (χ2n) is 6.59. The van der Waals surface area contributed by atoms with Crippen LogP contribution >= 0.6 is 0 Å². The highest BCUT2D eigenvalue weighted by molar-refractivity contribution is 5.95. The minimum atomic E-state index is -0.490. The largest absolute Gasteiger partial charge is 0.493 e. The number of carbonyl (C=O) groups excluding carboxylic acids is 1. The van der Waals surface area contributed by atoms with Crippen molar-refractivity contribution in [3.63, 3.8) is 0 Å². The number of amides is 1. The second kappa shape index (κ2) is 8.03. The summed E-state index contributed by atoms with van der Waals surface area (Å²) in [6, 6.07) is 5.18. The van der Waals surface area contributed by atoms with Crippen molar-refractivity contribution >= 4 is 5.91 Å². The number of aliphatic hydroxyl groups excluding tert-OH is 1. The first-order valence-electron chi connectivity index (χ1n) is 8.86. The van der Waals surface area contributed by atoms with E-state index in [2.05, 4.69) is 4.90 Å². The van der Waals surface area contributed by atoms with E-state index in [1.165, 1.54) is 12.8 Å². The fourth-order valence-electron chi connectivity index (χ4n) is 3.64. The lowest BCUT2D eigenvalue weighted by molar-refractivity contribution is 0.0763.